The molecule has 0 saturated carbocycles. The molecule has 1 aliphatic carbocycles. The fourth-order valence-electron chi connectivity index (χ4n) is 1.93. The minimum atomic E-state index is -0.791. The minimum absolute atomic E-state index is 0. The van der Waals surface area contributed by atoms with Crippen molar-refractivity contribution >= 4 is 43.7 Å². The van der Waals surface area contributed by atoms with E-state index in [2.05, 4.69) is 17.4 Å². The molecule has 1 aromatic rings. The Balaban J connectivity index is 0.00000112. The van der Waals surface area contributed by atoms with Crippen LogP contribution in [0.15, 0.2) is 24.3 Å². The molecule has 0 unspecified atom stereocenters. The van der Waals surface area contributed by atoms with Gasteiger partial charge in [-0.15, -0.1) is 0 Å². The fourth-order valence-corrected chi connectivity index (χ4v) is 1.93. The van der Waals surface area contributed by atoms with E-state index in [4.69, 9.17) is 5.11 Å². The van der Waals surface area contributed by atoms with Gasteiger partial charge < -0.3 is 10.4 Å². The fraction of sp³-hybridized carbons (Fsp3) is 0.364. The van der Waals surface area contributed by atoms with Crippen LogP contribution in [0.25, 0.3) is 0 Å². The summed E-state index contributed by atoms with van der Waals surface area (Å²) in [7, 11) is 0. The van der Waals surface area contributed by atoms with E-state index in [9.17, 15) is 4.79 Å². The molecule has 0 heterocycles. The summed E-state index contributed by atoms with van der Waals surface area (Å²) in [6, 6.07) is 8.57. The van der Waals surface area contributed by atoms with E-state index < -0.39 is 5.97 Å². The van der Waals surface area contributed by atoms with E-state index in [-0.39, 0.29) is 44.3 Å². The van der Waals surface area contributed by atoms with Crippen molar-refractivity contribution < 1.29 is 9.90 Å². The second kappa shape index (κ2) is 5.85. The first-order chi connectivity index (χ1) is 6.75. The first kappa shape index (κ1) is 13.0. The van der Waals surface area contributed by atoms with Crippen LogP contribution >= 0.6 is 0 Å². The molecule has 0 amide bonds. The van der Waals surface area contributed by atoms with Crippen molar-refractivity contribution in [2.75, 3.05) is 6.54 Å². The van der Waals surface area contributed by atoms with Crippen LogP contribution in [0.4, 0.5) is 0 Å². The molecule has 76 valence electrons. The van der Waals surface area contributed by atoms with E-state index >= 15 is 0 Å². The van der Waals surface area contributed by atoms with Crippen molar-refractivity contribution in [3.8, 4) is 0 Å². The van der Waals surface area contributed by atoms with Crippen LogP contribution in [0.5, 0.6) is 0 Å². The zero-order valence-electron chi connectivity index (χ0n) is 8.57. The Morgan fingerprint density at radius 1 is 1.33 bits per heavy atom. The molecular weight excluding hydrogens is 218 g/mol. The predicted octanol–water partition coefficient (Wildman–Crippen LogP) is 0.447. The van der Waals surface area contributed by atoms with Gasteiger partial charge >= 0.3 is 5.97 Å². The van der Waals surface area contributed by atoms with E-state index in [1.807, 2.05) is 12.1 Å². The Labute approximate surface area is 119 Å². The molecule has 2 N–H and O–H groups in total. The molecule has 1 aromatic carbocycles. The molecule has 0 aliphatic heterocycles. The number of nitrogens with one attached hydrogen (secondary N) is 1. The maximum absolute atomic E-state index is 10.4. The average Bonchev–Trinajstić information content (AvgIpc) is 2.57. The molecule has 3 nitrogen and oxygen atoms in total. The molecule has 0 saturated heterocycles. The number of hydrogen-bond acceptors (Lipinski definition) is 2. The molecule has 0 aromatic heterocycles. The van der Waals surface area contributed by atoms with Crippen molar-refractivity contribution in [2.45, 2.75) is 18.9 Å². The zero-order valence-corrected chi connectivity index (χ0v) is 10.8. The largest absolute Gasteiger partial charge is 0.480 e. The van der Waals surface area contributed by atoms with Gasteiger partial charge in [-0.05, 0) is 24.0 Å². The molecule has 0 bridgehead atoms. The summed E-state index contributed by atoms with van der Waals surface area (Å²) in [5, 5.41) is 11.6. The Bertz CT molecular complexity index is 329. The third kappa shape index (κ3) is 3.45. The minimum Gasteiger partial charge on any atom is -0.480 e. The molecule has 1 aliphatic rings. The van der Waals surface area contributed by atoms with Gasteiger partial charge in [-0.3, -0.25) is 4.79 Å². The second-order valence-corrected chi connectivity index (χ2v) is 3.65. The zero-order chi connectivity index (χ0) is 9.97. The standard InChI is InChI=1S/C11H13NO2.Ca/c13-11(14)7-12-10-5-8-3-1-2-4-9(8)6-10;/h1-4,10,12H,5-7H2,(H,13,14);. The molecule has 15 heavy (non-hydrogen) atoms. The molecule has 4 heteroatoms. The summed E-state index contributed by atoms with van der Waals surface area (Å²) in [6.07, 6.45) is 1.90. The van der Waals surface area contributed by atoms with Crippen LogP contribution in [-0.4, -0.2) is 61.4 Å². The second-order valence-electron chi connectivity index (χ2n) is 3.65. The number of benzene rings is 1. The van der Waals surface area contributed by atoms with Crippen molar-refractivity contribution in [1.82, 2.24) is 5.32 Å². The summed E-state index contributed by atoms with van der Waals surface area (Å²) >= 11 is 0. The summed E-state index contributed by atoms with van der Waals surface area (Å²) in [5.74, 6) is -0.791. The number of fused-ring (bicyclic) bond motifs is 1. The number of rotatable bonds is 3. The van der Waals surface area contributed by atoms with E-state index in [0.717, 1.165) is 12.8 Å². The van der Waals surface area contributed by atoms with Crippen LogP contribution in [0.2, 0.25) is 0 Å². The summed E-state index contributed by atoms with van der Waals surface area (Å²) < 4.78 is 0. The van der Waals surface area contributed by atoms with Gasteiger partial charge in [0, 0.05) is 43.8 Å². The summed E-state index contributed by atoms with van der Waals surface area (Å²) in [4.78, 5) is 10.4. The number of carboxylic acids is 1. The van der Waals surface area contributed by atoms with E-state index in [1.165, 1.54) is 11.1 Å². The molecular formula is C11H13CaNO2. The third-order valence-electron chi connectivity index (χ3n) is 2.59. The predicted molar refractivity (Wildman–Crippen MR) is 59.0 cm³/mol. The topological polar surface area (TPSA) is 49.3 Å². The van der Waals surface area contributed by atoms with Crippen molar-refractivity contribution in [3.63, 3.8) is 0 Å². The van der Waals surface area contributed by atoms with Crippen LogP contribution < -0.4 is 5.32 Å². The number of carboxylic acid groups (broad SMARTS) is 1. The third-order valence-corrected chi connectivity index (χ3v) is 2.59. The van der Waals surface area contributed by atoms with Gasteiger partial charge in [0.2, 0.25) is 0 Å². The Kier molecular flexibility index (Phi) is 5.06. The van der Waals surface area contributed by atoms with Gasteiger partial charge in [0.05, 0.1) is 6.54 Å². The molecule has 0 atom stereocenters. The first-order valence-corrected chi connectivity index (χ1v) is 4.77. The van der Waals surface area contributed by atoms with Gasteiger partial charge in [0.15, 0.2) is 0 Å². The van der Waals surface area contributed by atoms with Gasteiger partial charge in [0.1, 0.15) is 0 Å². The normalized spacial score (nSPS) is 14.4. The maximum atomic E-state index is 10.4. The molecule has 0 fully saturated rings. The molecule has 2 radical (unpaired) electrons. The van der Waals surface area contributed by atoms with Crippen molar-refractivity contribution in [1.29, 1.82) is 0 Å². The van der Waals surface area contributed by atoms with Gasteiger partial charge in [-0.1, -0.05) is 24.3 Å². The van der Waals surface area contributed by atoms with Gasteiger partial charge in [-0.25, -0.2) is 0 Å². The van der Waals surface area contributed by atoms with E-state index in [0.29, 0.717) is 6.04 Å². The first-order valence-electron chi connectivity index (χ1n) is 4.77. The Morgan fingerprint density at radius 2 is 1.87 bits per heavy atom. The van der Waals surface area contributed by atoms with Crippen molar-refractivity contribution in [3.05, 3.63) is 35.4 Å². The van der Waals surface area contributed by atoms with Gasteiger partial charge in [0.25, 0.3) is 0 Å². The smallest absolute Gasteiger partial charge is 0.317 e. The SMILES string of the molecule is O=C(O)CNC1Cc2ccccc2C1.[Ca]. The average molecular weight is 231 g/mol. The van der Waals surface area contributed by atoms with E-state index in [1.54, 1.807) is 0 Å². The maximum Gasteiger partial charge on any atom is 0.317 e. The summed E-state index contributed by atoms with van der Waals surface area (Å²) in [5.41, 5.74) is 2.69. The van der Waals surface area contributed by atoms with Gasteiger partial charge in [-0.2, -0.15) is 0 Å². The summed E-state index contributed by atoms with van der Waals surface area (Å²) in [6.45, 7) is 0.0542. The van der Waals surface area contributed by atoms with Crippen LogP contribution in [0.1, 0.15) is 11.1 Å². The quantitative estimate of drug-likeness (QED) is 0.743. The molecule has 0 spiro atoms. The number of hydrogen-bond donors (Lipinski definition) is 2. The Hall–Kier alpha value is -0.0903. The Morgan fingerprint density at radius 3 is 2.33 bits per heavy atom. The molecule has 2 rings (SSSR count). The monoisotopic (exact) mass is 231 g/mol. The van der Waals surface area contributed by atoms with Crippen LogP contribution in [0.3, 0.4) is 0 Å². The number of aliphatic carboxylic acids is 1. The van der Waals surface area contributed by atoms with Crippen molar-refractivity contribution in [2.24, 2.45) is 0 Å². The van der Waals surface area contributed by atoms with Crippen LogP contribution in [-0.2, 0) is 17.6 Å². The van der Waals surface area contributed by atoms with Crippen LogP contribution in [0, 0.1) is 0 Å². The number of carbonyl (C=O) groups is 1.